The van der Waals surface area contributed by atoms with E-state index in [1.54, 1.807) is 0 Å². The lowest BCUT2D eigenvalue weighted by atomic mass is 10.1. The Kier molecular flexibility index (Phi) is 4.57. The molecule has 0 fully saturated rings. The molecule has 1 N–H and O–H groups in total. The van der Waals surface area contributed by atoms with Crippen molar-refractivity contribution in [3.05, 3.63) is 64.7 Å². The van der Waals surface area contributed by atoms with Gasteiger partial charge < -0.3 is 5.32 Å². The van der Waals surface area contributed by atoms with Crippen LogP contribution in [0.3, 0.4) is 0 Å². The summed E-state index contributed by atoms with van der Waals surface area (Å²) >= 11 is 1.83. The van der Waals surface area contributed by atoms with Crippen LogP contribution in [0.25, 0.3) is 0 Å². The molecule has 0 unspecified atom stereocenters. The maximum absolute atomic E-state index is 4.50. The molecular formula is C18H21N5S. The Labute approximate surface area is 146 Å². The Bertz CT molecular complexity index is 753. The smallest absolute Gasteiger partial charge is 0.125 e. The topological polar surface area (TPSA) is 46.0 Å². The predicted octanol–water partition coefficient (Wildman–Crippen LogP) is 3.08. The van der Waals surface area contributed by atoms with Gasteiger partial charge in [-0.05, 0) is 29.6 Å². The number of fused-ring (bicyclic) bond motifs is 1. The van der Waals surface area contributed by atoms with Gasteiger partial charge in [-0.3, -0.25) is 9.58 Å². The number of aromatic nitrogens is 3. The van der Waals surface area contributed by atoms with E-state index in [-0.39, 0.29) is 0 Å². The predicted molar refractivity (Wildman–Crippen MR) is 96.9 cm³/mol. The Hall–Kier alpha value is -2.18. The standard InChI is InChI=1S/C18H21N5S/c1-2-7-19-18(5-1)20-10-15-11-22(14-17-4-3-9-24-17)13-16-6-8-21-23(16)12-15/h1-9,15H,10-14H2,(H,19,20)/t15-/m0/s1. The molecule has 5 nitrogen and oxygen atoms in total. The number of thiophene rings is 1. The van der Waals surface area contributed by atoms with Crippen LogP contribution in [0.15, 0.2) is 54.2 Å². The lowest BCUT2D eigenvalue weighted by Crippen LogP contribution is -2.31. The number of nitrogens with zero attached hydrogens (tertiary/aromatic N) is 4. The van der Waals surface area contributed by atoms with Gasteiger partial charge in [-0.15, -0.1) is 11.3 Å². The highest BCUT2D eigenvalue weighted by Crippen LogP contribution is 2.20. The fraction of sp³-hybridized carbons (Fsp3) is 0.333. The molecule has 124 valence electrons. The van der Waals surface area contributed by atoms with Gasteiger partial charge in [0.2, 0.25) is 0 Å². The largest absolute Gasteiger partial charge is 0.370 e. The Morgan fingerprint density at radius 3 is 2.96 bits per heavy atom. The molecule has 1 aliphatic rings. The van der Waals surface area contributed by atoms with Gasteiger partial charge in [-0.1, -0.05) is 12.1 Å². The summed E-state index contributed by atoms with van der Waals surface area (Å²) < 4.78 is 2.15. The zero-order valence-electron chi connectivity index (χ0n) is 13.5. The molecule has 0 saturated heterocycles. The summed E-state index contributed by atoms with van der Waals surface area (Å²) in [5.74, 6) is 1.43. The van der Waals surface area contributed by atoms with Crippen molar-refractivity contribution in [1.82, 2.24) is 19.7 Å². The minimum atomic E-state index is 0.494. The van der Waals surface area contributed by atoms with E-state index in [0.29, 0.717) is 5.92 Å². The van der Waals surface area contributed by atoms with Crippen LogP contribution in [-0.4, -0.2) is 32.8 Å². The molecule has 0 bridgehead atoms. The molecule has 3 aromatic heterocycles. The van der Waals surface area contributed by atoms with E-state index >= 15 is 0 Å². The first-order chi connectivity index (χ1) is 11.9. The van der Waals surface area contributed by atoms with Crippen LogP contribution in [-0.2, 0) is 19.6 Å². The fourth-order valence-electron chi connectivity index (χ4n) is 3.21. The van der Waals surface area contributed by atoms with Gasteiger partial charge in [0.25, 0.3) is 0 Å². The third-order valence-electron chi connectivity index (χ3n) is 4.33. The van der Waals surface area contributed by atoms with Crippen molar-refractivity contribution in [1.29, 1.82) is 0 Å². The van der Waals surface area contributed by atoms with Gasteiger partial charge in [0.1, 0.15) is 5.82 Å². The third-order valence-corrected chi connectivity index (χ3v) is 5.20. The molecule has 0 radical (unpaired) electrons. The van der Waals surface area contributed by atoms with Gasteiger partial charge in [0.15, 0.2) is 0 Å². The van der Waals surface area contributed by atoms with Crippen molar-refractivity contribution in [2.45, 2.75) is 19.6 Å². The highest BCUT2D eigenvalue weighted by molar-refractivity contribution is 7.09. The summed E-state index contributed by atoms with van der Waals surface area (Å²) in [5.41, 5.74) is 1.30. The third kappa shape index (κ3) is 3.66. The van der Waals surface area contributed by atoms with Crippen LogP contribution >= 0.6 is 11.3 Å². The van der Waals surface area contributed by atoms with Crippen molar-refractivity contribution < 1.29 is 0 Å². The van der Waals surface area contributed by atoms with E-state index in [0.717, 1.165) is 38.5 Å². The van der Waals surface area contributed by atoms with Crippen LogP contribution in [0.5, 0.6) is 0 Å². The van der Waals surface area contributed by atoms with Gasteiger partial charge in [0.05, 0.1) is 5.69 Å². The average molecular weight is 339 g/mol. The molecule has 4 heterocycles. The minimum Gasteiger partial charge on any atom is -0.370 e. The van der Waals surface area contributed by atoms with E-state index in [4.69, 9.17) is 0 Å². The highest BCUT2D eigenvalue weighted by Gasteiger charge is 2.22. The number of anilines is 1. The second-order valence-corrected chi connectivity index (χ2v) is 7.25. The number of nitrogens with one attached hydrogen (secondary N) is 1. The Morgan fingerprint density at radius 1 is 1.12 bits per heavy atom. The number of hydrogen-bond donors (Lipinski definition) is 1. The summed E-state index contributed by atoms with van der Waals surface area (Å²) in [6, 6.07) is 12.4. The number of hydrogen-bond acceptors (Lipinski definition) is 5. The molecule has 3 aromatic rings. The number of rotatable bonds is 5. The van der Waals surface area contributed by atoms with E-state index in [2.05, 4.69) is 48.6 Å². The van der Waals surface area contributed by atoms with E-state index < -0.39 is 0 Å². The van der Waals surface area contributed by atoms with Crippen molar-refractivity contribution in [3.8, 4) is 0 Å². The molecule has 0 saturated carbocycles. The maximum Gasteiger partial charge on any atom is 0.125 e. The van der Waals surface area contributed by atoms with E-state index in [1.165, 1.54) is 10.6 Å². The normalized spacial score (nSPS) is 18.1. The first kappa shape index (κ1) is 15.4. The first-order valence-corrected chi connectivity index (χ1v) is 9.15. The summed E-state index contributed by atoms with van der Waals surface area (Å²) in [5, 5.41) is 10.1. The quantitative estimate of drug-likeness (QED) is 0.776. The summed E-state index contributed by atoms with van der Waals surface area (Å²) in [7, 11) is 0. The lowest BCUT2D eigenvalue weighted by molar-refractivity contribution is 0.227. The van der Waals surface area contributed by atoms with Crippen LogP contribution < -0.4 is 5.32 Å². The summed E-state index contributed by atoms with van der Waals surface area (Å²) in [6.07, 6.45) is 3.73. The van der Waals surface area contributed by atoms with E-state index in [1.807, 2.05) is 41.9 Å². The molecule has 0 spiro atoms. The second kappa shape index (κ2) is 7.15. The van der Waals surface area contributed by atoms with Crippen LogP contribution in [0.2, 0.25) is 0 Å². The van der Waals surface area contributed by atoms with Crippen LogP contribution in [0.4, 0.5) is 5.82 Å². The second-order valence-electron chi connectivity index (χ2n) is 6.22. The number of pyridine rings is 1. The molecule has 0 aromatic carbocycles. The summed E-state index contributed by atoms with van der Waals surface area (Å²) in [4.78, 5) is 8.30. The van der Waals surface area contributed by atoms with Crippen molar-refractivity contribution in [3.63, 3.8) is 0 Å². The van der Waals surface area contributed by atoms with Gasteiger partial charge >= 0.3 is 0 Å². The first-order valence-electron chi connectivity index (χ1n) is 8.27. The summed E-state index contributed by atoms with van der Waals surface area (Å²) in [6.45, 7) is 4.86. The van der Waals surface area contributed by atoms with E-state index in [9.17, 15) is 0 Å². The van der Waals surface area contributed by atoms with Gasteiger partial charge in [-0.2, -0.15) is 5.10 Å². The molecule has 6 heteroatoms. The zero-order valence-corrected chi connectivity index (χ0v) is 14.3. The Balaban J connectivity index is 1.46. The van der Waals surface area contributed by atoms with Gasteiger partial charge in [-0.25, -0.2) is 4.98 Å². The van der Waals surface area contributed by atoms with Crippen LogP contribution in [0.1, 0.15) is 10.6 Å². The maximum atomic E-state index is 4.50. The SMILES string of the molecule is c1ccc(NC[C@H]2CN(Cc3cccs3)Cc3ccnn3C2)nc1. The fourth-order valence-corrected chi connectivity index (χ4v) is 3.95. The zero-order chi connectivity index (χ0) is 16.2. The molecular weight excluding hydrogens is 318 g/mol. The lowest BCUT2D eigenvalue weighted by Gasteiger charge is -2.23. The highest BCUT2D eigenvalue weighted by atomic mass is 32.1. The average Bonchev–Trinajstić information content (AvgIpc) is 3.23. The van der Waals surface area contributed by atoms with Gasteiger partial charge in [0, 0.05) is 55.9 Å². The molecule has 0 amide bonds. The molecule has 4 rings (SSSR count). The monoisotopic (exact) mass is 339 g/mol. The molecule has 1 atom stereocenters. The molecule has 0 aliphatic carbocycles. The minimum absolute atomic E-state index is 0.494. The molecule has 24 heavy (non-hydrogen) atoms. The van der Waals surface area contributed by atoms with Crippen LogP contribution in [0, 0.1) is 5.92 Å². The van der Waals surface area contributed by atoms with Crippen molar-refractivity contribution >= 4 is 17.2 Å². The van der Waals surface area contributed by atoms with Crippen molar-refractivity contribution in [2.24, 2.45) is 5.92 Å². The molecule has 1 aliphatic heterocycles. The Morgan fingerprint density at radius 2 is 2.12 bits per heavy atom. The van der Waals surface area contributed by atoms with Crippen molar-refractivity contribution in [2.75, 3.05) is 18.4 Å².